The Morgan fingerprint density at radius 2 is 1.89 bits per heavy atom. The lowest BCUT2D eigenvalue weighted by Gasteiger charge is -2.48. The van der Waals surface area contributed by atoms with E-state index in [4.69, 9.17) is 5.84 Å². The van der Waals surface area contributed by atoms with Gasteiger partial charge >= 0.3 is 0 Å². The predicted octanol–water partition coefficient (Wildman–Crippen LogP) is 2.97. The van der Waals surface area contributed by atoms with Crippen LogP contribution in [0.1, 0.15) is 65.2 Å². The zero-order chi connectivity index (χ0) is 13.7. The molecule has 3 nitrogen and oxygen atoms in total. The molecule has 110 valence electrons. The Balaban J connectivity index is 2.25. The van der Waals surface area contributed by atoms with Gasteiger partial charge < -0.3 is 0 Å². The maximum Gasteiger partial charge on any atom is 0.0603 e. The highest BCUT2D eigenvalue weighted by Gasteiger charge is 2.43. The molecule has 3 heteroatoms. The van der Waals surface area contributed by atoms with Crippen molar-refractivity contribution < 1.29 is 0 Å². The van der Waals surface area contributed by atoms with E-state index in [-0.39, 0.29) is 5.54 Å². The average Bonchev–Trinajstić information content (AvgIpc) is 3.00. The molecule has 1 aliphatic heterocycles. The molecule has 3 N–H and O–H groups in total. The zero-order valence-electron chi connectivity index (χ0n) is 12.8. The number of hydrogen-bond acceptors (Lipinski definition) is 3. The van der Waals surface area contributed by atoms with Crippen molar-refractivity contribution in [3.63, 3.8) is 0 Å². The van der Waals surface area contributed by atoms with Crippen LogP contribution in [0.3, 0.4) is 0 Å². The molecule has 0 aromatic rings. The molecule has 0 aromatic carbocycles. The van der Waals surface area contributed by atoms with Gasteiger partial charge in [-0.05, 0) is 64.5 Å². The fourth-order valence-corrected chi connectivity index (χ4v) is 4.18. The highest BCUT2D eigenvalue weighted by molar-refractivity contribution is 5.21. The maximum atomic E-state index is 5.99. The Labute approximate surface area is 118 Å². The molecule has 0 radical (unpaired) electrons. The van der Waals surface area contributed by atoms with E-state index in [1.54, 1.807) is 5.57 Å². The lowest BCUT2D eigenvalue weighted by atomic mass is 9.76. The standard InChI is InChI=1S/C16H31N3/c1-3-16(4-2,19-12-8-9-13-19)15(18-17)14-10-6-5-7-11-14/h10,15,18H,3-9,11-13,17H2,1-2H3. The van der Waals surface area contributed by atoms with Gasteiger partial charge in [0.1, 0.15) is 0 Å². The number of rotatable bonds is 6. The lowest BCUT2D eigenvalue weighted by Crippen LogP contribution is -2.62. The minimum Gasteiger partial charge on any atom is -0.296 e. The zero-order valence-corrected chi connectivity index (χ0v) is 12.8. The SMILES string of the molecule is CCC(CC)(C(NN)C1=CCCCC1)N1CCCC1. The van der Waals surface area contributed by atoms with Crippen LogP contribution < -0.4 is 11.3 Å². The van der Waals surface area contributed by atoms with Gasteiger partial charge in [-0.1, -0.05) is 25.5 Å². The summed E-state index contributed by atoms with van der Waals surface area (Å²) >= 11 is 0. The van der Waals surface area contributed by atoms with Gasteiger partial charge in [0.15, 0.2) is 0 Å². The summed E-state index contributed by atoms with van der Waals surface area (Å²) in [7, 11) is 0. The molecule has 2 aliphatic rings. The topological polar surface area (TPSA) is 41.3 Å². The van der Waals surface area contributed by atoms with Crippen molar-refractivity contribution in [1.82, 2.24) is 10.3 Å². The molecule has 0 spiro atoms. The third-order valence-electron chi connectivity index (χ3n) is 5.36. The molecule has 1 atom stereocenters. The van der Waals surface area contributed by atoms with Crippen LogP contribution in [-0.2, 0) is 0 Å². The van der Waals surface area contributed by atoms with Crippen molar-refractivity contribution in [2.24, 2.45) is 5.84 Å². The van der Waals surface area contributed by atoms with Gasteiger partial charge in [0, 0.05) is 5.54 Å². The van der Waals surface area contributed by atoms with E-state index in [1.165, 1.54) is 64.5 Å². The molecule has 0 amide bonds. The van der Waals surface area contributed by atoms with Gasteiger partial charge in [-0.25, -0.2) is 0 Å². The third-order valence-corrected chi connectivity index (χ3v) is 5.36. The first-order chi connectivity index (χ1) is 9.28. The summed E-state index contributed by atoms with van der Waals surface area (Å²) in [6, 6.07) is 0.334. The summed E-state index contributed by atoms with van der Waals surface area (Å²) in [6.45, 7) is 7.14. The van der Waals surface area contributed by atoms with Crippen molar-refractivity contribution >= 4 is 0 Å². The molecule has 1 unspecified atom stereocenters. The van der Waals surface area contributed by atoms with Crippen molar-refractivity contribution in [1.29, 1.82) is 0 Å². The van der Waals surface area contributed by atoms with Crippen molar-refractivity contribution in [3.05, 3.63) is 11.6 Å². The van der Waals surface area contributed by atoms with Gasteiger partial charge in [0.2, 0.25) is 0 Å². The van der Waals surface area contributed by atoms with Crippen LogP contribution in [0.4, 0.5) is 0 Å². The number of nitrogens with zero attached hydrogens (tertiary/aromatic N) is 1. The molecular weight excluding hydrogens is 234 g/mol. The second-order valence-electron chi connectivity index (χ2n) is 6.13. The molecule has 0 aromatic heterocycles. The average molecular weight is 265 g/mol. The van der Waals surface area contributed by atoms with E-state index >= 15 is 0 Å². The molecule has 0 saturated carbocycles. The fourth-order valence-electron chi connectivity index (χ4n) is 4.18. The van der Waals surface area contributed by atoms with Gasteiger partial charge in [-0.3, -0.25) is 16.2 Å². The second-order valence-corrected chi connectivity index (χ2v) is 6.13. The van der Waals surface area contributed by atoms with Crippen LogP contribution in [0.15, 0.2) is 11.6 Å². The molecule has 1 aliphatic carbocycles. The van der Waals surface area contributed by atoms with Crippen molar-refractivity contribution in [2.75, 3.05) is 13.1 Å². The van der Waals surface area contributed by atoms with Crippen molar-refractivity contribution in [3.8, 4) is 0 Å². The molecule has 19 heavy (non-hydrogen) atoms. The first-order valence-electron chi connectivity index (χ1n) is 8.18. The van der Waals surface area contributed by atoms with Gasteiger partial charge in [0.05, 0.1) is 6.04 Å². The van der Waals surface area contributed by atoms with Crippen LogP contribution in [0.2, 0.25) is 0 Å². The summed E-state index contributed by atoms with van der Waals surface area (Å²) in [4.78, 5) is 2.70. The van der Waals surface area contributed by atoms with E-state index in [9.17, 15) is 0 Å². The lowest BCUT2D eigenvalue weighted by molar-refractivity contribution is 0.0732. The highest BCUT2D eigenvalue weighted by Crippen LogP contribution is 2.36. The van der Waals surface area contributed by atoms with Crippen molar-refractivity contribution in [2.45, 2.75) is 76.8 Å². The number of nitrogens with one attached hydrogen (secondary N) is 1. The molecule has 1 heterocycles. The largest absolute Gasteiger partial charge is 0.296 e. The smallest absolute Gasteiger partial charge is 0.0603 e. The van der Waals surface area contributed by atoms with E-state index < -0.39 is 0 Å². The van der Waals surface area contributed by atoms with Gasteiger partial charge in [-0.2, -0.15) is 0 Å². The van der Waals surface area contributed by atoms with E-state index in [0.717, 1.165) is 0 Å². The first kappa shape index (κ1) is 15.0. The Morgan fingerprint density at radius 1 is 1.21 bits per heavy atom. The van der Waals surface area contributed by atoms with Crippen LogP contribution >= 0.6 is 0 Å². The summed E-state index contributed by atoms with van der Waals surface area (Å²) < 4.78 is 0. The Kier molecular flexibility index (Phi) is 5.43. The van der Waals surface area contributed by atoms with E-state index in [0.29, 0.717) is 6.04 Å². The minimum absolute atomic E-state index is 0.217. The summed E-state index contributed by atoms with van der Waals surface area (Å²) in [5.74, 6) is 5.99. The van der Waals surface area contributed by atoms with Gasteiger partial charge in [-0.15, -0.1) is 0 Å². The third kappa shape index (κ3) is 2.88. The summed E-state index contributed by atoms with van der Waals surface area (Å²) in [6.07, 6.45) is 12.6. The van der Waals surface area contributed by atoms with E-state index in [2.05, 4.69) is 30.2 Å². The second kappa shape index (κ2) is 6.87. The van der Waals surface area contributed by atoms with Crippen LogP contribution in [0, 0.1) is 0 Å². The van der Waals surface area contributed by atoms with E-state index in [1.807, 2.05) is 0 Å². The Bertz CT molecular complexity index is 301. The summed E-state index contributed by atoms with van der Waals surface area (Å²) in [5, 5.41) is 0. The number of nitrogens with two attached hydrogens (primary N) is 1. The van der Waals surface area contributed by atoms with Crippen LogP contribution in [0.5, 0.6) is 0 Å². The highest BCUT2D eigenvalue weighted by atomic mass is 15.3. The quantitative estimate of drug-likeness (QED) is 0.441. The Morgan fingerprint density at radius 3 is 2.37 bits per heavy atom. The number of hydrazine groups is 1. The predicted molar refractivity (Wildman–Crippen MR) is 81.8 cm³/mol. The Hall–Kier alpha value is -0.380. The molecule has 0 bridgehead atoms. The molecule has 1 saturated heterocycles. The van der Waals surface area contributed by atoms with Crippen LogP contribution in [0.25, 0.3) is 0 Å². The number of likely N-dealkylation sites (tertiary alicyclic amines) is 1. The normalized spacial score (nSPS) is 23.4. The monoisotopic (exact) mass is 265 g/mol. The number of hydrogen-bond donors (Lipinski definition) is 2. The number of allylic oxidation sites excluding steroid dienone is 1. The molecule has 2 rings (SSSR count). The maximum absolute atomic E-state index is 5.99. The minimum atomic E-state index is 0.217. The molecule has 1 fully saturated rings. The van der Waals surface area contributed by atoms with Crippen LogP contribution in [-0.4, -0.2) is 29.6 Å². The molecular formula is C16H31N3. The van der Waals surface area contributed by atoms with Gasteiger partial charge in [0.25, 0.3) is 0 Å². The summed E-state index contributed by atoms with van der Waals surface area (Å²) in [5.41, 5.74) is 4.96. The fraction of sp³-hybridized carbons (Fsp3) is 0.875. The first-order valence-corrected chi connectivity index (χ1v) is 8.18.